The van der Waals surface area contributed by atoms with Crippen LogP contribution in [-0.4, -0.2) is 18.4 Å². The Labute approximate surface area is 172 Å². The Bertz CT molecular complexity index is 928. The van der Waals surface area contributed by atoms with E-state index in [-0.39, 0.29) is 11.5 Å². The molecule has 9 heteroatoms. The molecule has 1 atom stereocenters. The van der Waals surface area contributed by atoms with Gasteiger partial charge in [0.25, 0.3) is 5.91 Å². The van der Waals surface area contributed by atoms with E-state index >= 15 is 0 Å². The molecular formula is C19H18Cl2N4O3. The Morgan fingerprint density at radius 1 is 1.21 bits per heavy atom. The highest BCUT2D eigenvalue weighted by Crippen LogP contribution is 2.26. The molecule has 28 heavy (non-hydrogen) atoms. The van der Waals surface area contributed by atoms with Crippen molar-refractivity contribution >= 4 is 40.7 Å². The van der Waals surface area contributed by atoms with Crippen molar-refractivity contribution < 1.29 is 14.3 Å². The van der Waals surface area contributed by atoms with Gasteiger partial charge in [-0.05, 0) is 31.2 Å². The number of amides is 2. The average Bonchev–Trinajstić information content (AvgIpc) is 2.63. The standard InChI is InChI=1S/C19H18Cl2N4O3/c1-3-28-18-9-13(23-11(2)26)5-7-15(18)19(27)25-24-17(10-22)14-6-4-12(20)8-16(14)21/h4-9,17,24H,3H2,1-2H3,(H,23,26)(H,25,27)/t17-/m0/s1. The van der Waals surface area contributed by atoms with Crippen LogP contribution in [0.25, 0.3) is 0 Å². The summed E-state index contributed by atoms with van der Waals surface area (Å²) < 4.78 is 5.49. The molecular weight excluding hydrogens is 403 g/mol. The number of carbonyl (C=O) groups excluding carboxylic acids is 2. The number of ether oxygens (including phenoxy) is 1. The van der Waals surface area contributed by atoms with Crippen molar-refractivity contribution in [3.05, 3.63) is 57.6 Å². The molecule has 0 radical (unpaired) electrons. The molecule has 0 aliphatic rings. The van der Waals surface area contributed by atoms with Crippen LogP contribution < -0.4 is 20.9 Å². The molecule has 0 saturated carbocycles. The molecule has 0 heterocycles. The van der Waals surface area contributed by atoms with E-state index in [0.717, 1.165) is 0 Å². The Morgan fingerprint density at radius 2 is 1.96 bits per heavy atom. The summed E-state index contributed by atoms with van der Waals surface area (Å²) in [5, 5.41) is 12.8. The highest BCUT2D eigenvalue weighted by atomic mass is 35.5. The smallest absolute Gasteiger partial charge is 0.269 e. The van der Waals surface area contributed by atoms with Crippen LogP contribution >= 0.6 is 23.2 Å². The van der Waals surface area contributed by atoms with Crippen molar-refractivity contribution in [3.8, 4) is 11.8 Å². The number of anilines is 1. The molecule has 7 nitrogen and oxygen atoms in total. The Hall–Kier alpha value is -2.79. The summed E-state index contributed by atoms with van der Waals surface area (Å²) in [5.74, 6) is -0.452. The lowest BCUT2D eigenvalue weighted by Gasteiger charge is -2.16. The summed E-state index contributed by atoms with van der Waals surface area (Å²) in [6.07, 6.45) is 0. The number of nitriles is 1. The summed E-state index contributed by atoms with van der Waals surface area (Å²) in [6.45, 7) is 3.49. The van der Waals surface area contributed by atoms with Crippen molar-refractivity contribution in [2.24, 2.45) is 0 Å². The van der Waals surface area contributed by atoms with E-state index in [1.54, 1.807) is 31.2 Å². The van der Waals surface area contributed by atoms with Crippen LogP contribution in [0.2, 0.25) is 10.0 Å². The zero-order chi connectivity index (χ0) is 20.7. The van der Waals surface area contributed by atoms with E-state index in [4.69, 9.17) is 27.9 Å². The van der Waals surface area contributed by atoms with Crippen LogP contribution in [0.15, 0.2) is 36.4 Å². The third kappa shape index (κ3) is 5.60. The van der Waals surface area contributed by atoms with Crippen LogP contribution in [0.5, 0.6) is 5.75 Å². The third-order valence-electron chi connectivity index (χ3n) is 3.58. The molecule has 3 N–H and O–H groups in total. The van der Waals surface area contributed by atoms with Crippen LogP contribution in [0.1, 0.15) is 35.8 Å². The van der Waals surface area contributed by atoms with Gasteiger partial charge < -0.3 is 10.1 Å². The molecule has 0 aliphatic heterocycles. The first-order valence-corrected chi connectivity index (χ1v) is 9.06. The number of hydrazine groups is 1. The maximum Gasteiger partial charge on any atom is 0.269 e. The molecule has 0 aliphatic carbocycles. The molecule has 146 valence electrons. The van der Waals surface area contributed by atoms with Gasteiger partial charge in [-0.1, -0.05) is 29.3 Å². The van der Waals surface area contributed by atoms with E-state index in [0.29, 0.717) is 33.7 Å². The maximum absolute atomic E-state index is 12.6. The molecule has 0 spiro atoms. The molecule has 0 aromatic heterocycles. The Morgan fingerprint density at radius 3 is 2.57 bits per heavy atom. The number of rotatable bonds is 7. The fourth-order valence-corrected chi connectivity index (χ4v) is 2.90. The lowest BCUT2D eigenvalue weighted by Crippen LogP contribution is -2.39. The largest absolute Gasteiger partial charge is 0.493 e. The molecule has 2 rings (SSSR count). The van der Waals surface area contributed by atoms with Gasteiger partial charge in [-0.15, -0.1) is 0 Å². The molecule has 0 bridgehead atoms. The number of hydrogen-bond donors (Lipinski definition) is 3. The fourth-order valence-electron chi connectivity index (χ4n) is 2.39. The number of benzene rings is 2. The van der Waals surface area contributed by atoms with Gasteiger partial charge in [-0.3, -0.25) is 15.0 Å². The number of carbonyl (C=O) groups is 2. The summed E-state index contributed by atoms with van der Waals surface area (Å²) in [4.78, 5) is 23.8. The number of hydrogen-bond acceptors (Lipinski definition) is 5. The normalized spacial score (nSPS) is 11.2. The van der Waals surface area contributed by atoms with Gasteiger partial charge in [-0.2, -0.15) is 5.26 Å². The second kappa shape index (κ2) is 9.95. The van der Waals surface area contributed by atoms with E-state index in [9.17, 15) is 14.9 Å². The van der Waals surface area contributed by atoms with Crippen LogP contribution in [0.3, 0.4) is 0 Å². The lowest BCUT2D eigenvalue weighted by molar-refractivity contribution is -0.114. The van der Waals surface area contributed by atoms with Gasteiger partial charge >= 0.3 is 0 Å². The highest BCUT2D eigenvalue weighted by Gasteiger charge is 2.18. The first kappa shape index (κ1) is 21.5. The summed E-state index contributed by atoms with van der Waals surface area (Å²) >= 11 is 12.0. The minimum atomic E-state index is -0.886. The monoisotopic (exact) mass is 420 g/mol. The summed E-state index contributed by atoms with van der Waals surface area (Å²) in [7, 11) is 0. The third-order valence-corrected chi connectivity index (χ3v) is 4.14. The van der Waals surface area contributed by atoms with Gasteiger partial charge in [0.2, 0.25) is 5.91 Å². The molecule has 0 fully saturated rings. The van der Waals surface area contributed by atoms with Crippen LogP contribution in [-0.2, 0) is 4.79 Å². The molecule has 2 aromatic carbocycles. The van der Waals surface area contributed by atoms with Gasteiger partial charge in [0.15, 0.2) is 0 Å². The number of nitrogens with zero attached hydrogens (tertiary/aromatic N) is 1. The zero-order valence-corrected chi connectivity index (χ0v) is 16.7. The van der Waals surface area contributed by atoms with E-state index in [1.807, 2.05) is 6.07 Å². The van der Waals surface area contributed by atoms with Gasteiger partial charge in [0, 0.05) is 34.3 Å². The van der Waals surface area contributed by atoms with E-state index < -0.39 is 11.9 Å². The van der Waals surface area contributed by atoms with Crippen LogP contribution in [0.4, 0.5) is 5.69 Å². The summed E-state index contributed by atoms with van der Waals surface area (Å²) in [6, 6.07) is 10.5. The second-order valence-electron chi connectivity index (χ2n) is 5.65. The van der Waals surface area contributed by atoms with Crippen LogP contribution in [0, 0.1) is 11.3 Å². The molecule has 2 aromatic rings. The first-order valence-electron chi connectivity index (χ1n) is 8.30. The second-order valence-corrected chi connectivity index (χ2v) is 6.50. The van der Waals surface area contributed by atoms with Crippen molar-refractivity contribution in [3.63, 3.8) is 0 Å². The van der Waals surface area contributed by atoms with Gasteiger partial charge in [0.1, 0.15) is 11.8 Å². The van der Waals surface area contributed by atoms with Gasteiger partial charge in [-0.25, -0.2) is 5.43 Å². The topological polar surface area (TPSA) is 103 Å². The molecule has 0 saturated heterocycles. The Balaban J connectivity index is 2.17. The van der Waals surface area contributed by atoms with Crippen molar-refractivity contribution in [1.82, 2.24) is 10.9 Å². The van der Waals surface area contributed by atoms with Crippen molar-refractivity contribution in [2.45, 2.75) is 19.9 Å². The SMILES string of the molecule is CCOc1cc(NC(C)=O)ccc1C(=O)NN[C@@H](C#N)c1ccc(Cl)cc1Cl. The van der Waals surface area contributed by atoms with Gasteiger partial charge in [0.05, 0.1) is 18.2 Å². The minimum absolute atomic E-state index is 0.238. The predicted molar refractivity (Wildman–Crippen MR) is 107 cm³/mol. The van der Waals surface area contributed by atoms with E-state index in [1.165, 1.54) is 19.1 Å². The van der Waals surface area contributed by atoms with Crippen molar-refractivity contribution in [1.29, 1.82) is 5.26 Å². The highest BCUT2D eigenvalue weighted by molar-refractivity contribution is 6.35. The lowest BCUT2D eigenvalue weighted by atomic mass is 10.1. The molecule has 2 amide bonds. The zero-order valence-electron chi connectivity index (χ0n) is 15.2. The predicted octanol–water partition coefficient (Wildman–Crippen LogP) is 3.85. The van der Waals surface area contributed by atoms with E-state index in [2.05, 4.69) is 16.2 Å². The molecule has 0 unspecified atom stereocenters. The number of halogens is 2. The first-order chi connectivity index (χ1) is 13.3. The maximum atomic E-state index is 12.6. The quantitative estimate of drug-likeness (QED) is 0.590. The number of nitrogens with one attached hydrogen (secondary N) is 3. The Kier molecular flexibility index (Phi) is 7.64. The van der Waals surface area contributed by atoms with Crippen molar-refractivity contribution in [2.75, 3.05) is 11.9 Å². The fraction of sp³-hybridized carbons (Fsp3) is 0.211. The summed E-state index contributed by atoms with van der Waals surface area (Å²) in [5.41, 5.74) is 6.34. The average molecular weight is 421 g/mol. The minimum Gasteiger partial charge on any atom is -0.493 e.